The van der Waals surface area contributed by atoms with Crippen molar-refractivity contribution in [3.8, 4) is 11.4 Å². The zero-order chi connectivity index (χ0) is 22.7. The zero-order valence-electron chi connectivity index (χ0n) is 17.3. The van der Waals surface area contributed by atoms with Crippen LogP contribution in [0.5, 0.6) is 0 Å². The quantitative estimate of drug-likeness (QED) is 0.481. The van der Waals surface area contributed by atoms with E-state index in [4.69, 9.17) is 32.5 Å². The van der Waals surface area contributed by atoms with Gasteiger partial charge in [-0.2, -0.15) is 4.98 Å². The summed E-state index contributed by atoms with van der Waals surface area (Å²) in [4.78, 5) is 30.9. The smallest absolute Gasteiger partial charge is 0.303 e. The van der Waals surface area contributed by atoms with E-state index in [1.54, 1.807) is 35.2 Å². The third-order valence-corrected chi connectivity index (χ3v) is 6.02. The maximum Gasteiger partial charge on any atom is 0.303 e. The minimum Gasteiger partial charge on any atom is -0.447 e. The van der Waals surface area contributed by atoms with Crippen LogP contribution in [0.15, 0.2) is 53.1 Å². The predicted molar refractivity (Wildman–Crippen MR) is 119 cm³/mol. The minimum atomic E-state index is -0.956. The molecule has 1 aliphatic heterocycles. The molecule has 4 rings (SSSR count). The highest BCUT2D eigenvalue weighted by Gasteiger charge is 2.33. The summed E-state index contributed by atoms with van der Waals surface area (Å²) in [6.45, 7) is 2.27. The van der Waals surface area contributed by atoms with Crippen molar-refractivity contribution in [3.05, 3.63) is 70.0 Å². The molecule has 1 saturated heterocycles. The lowest BCUT2D eigenvalue weighted by atomic mass is 9.96. The highest BCUT2D eigenvalue weighted by molar-refractivity contribution is 6.38. The van der Waals surface area contributed by atoms with Crippen molar-refractivity contribution in [2.75, 3.05) is 13.1 Å². The molecule has 3 aromatic rings. The second kappa shape index (κ2) is 9.71. The van der Waals surface area contributed by atoms with Gasteiger partial charge in [0.15, 0.2) is 0 Å². The van der Waals surface area contributed by atoms with Gasteiger partial charge in [0.2, 0.25) is 17.8 Å². The summed E-state index contributed by atoms with van der Waals surface area (Å²) in [5.74, 6) is 0.0962. The Hall–Kier alpha value is -2.90. The highest BCUT2D eigenvalue weighted by Crippen LogP contribution is 2.35. The summed E-state index contributed by atoms with van der Waals surface area (Å²) in [6, 6.07) is 14.2. The summed E-state index contributed by atoms with van der Waals surface area (Å²) in [7, 11) is 0. The van der Waals surface area contributed by atoms with E-state index in [-0.39, 0.29) is 11.8 Å². The van der Waals surface area contributed by atoms with Gasteiger partial charge in [-0.3, -0.25) is 9.59 Å². The highest BCUT2D eigenvalue weighted by atomic mass is 35.5. The summed E-state index contributed by atoms with van der Waals surface area (Å²) in [5.41, 5.74) is 1.18. The molecule has 1 fully saturated rings. The second-order valence-corrected chi connectivity index (χ2v) is 8.37. The number of amides is 1. The molecule has 0 radical (unpaired) electrons. The van der Waals surface area contributed by atoms with Crippen LogP contribution in [0.4, 0.5) is 0 Å². The Labute approximate surface area is 195 Å². The minimum absolute atomic E-state index is 0.00506. The molecule has 7 nitrogen and oxygen atoms in total. The first-order valence-electron chi connectivity index (χ1n) is 10.2. The molecule has 0 aliphatic carbocycles. The number of nitrogens with zero attached hydrogens (tertiary/aromatic N) is 3. The molecule has 2 aromatic carbocycles. The maximum atomic E-state index is 13.1. The van der Waals surface area contributed by atoms with Crippen molar-refractivity contribution >= 4 is 35.1 Å². The average Bonchev–Trinajstić information content (AvgIpc) is 3.27. The number of likely N-dealkylation sites (tertiary alicyclic amines) is 1. The fourth-order valence-electron chi connectivity index (χ4n) is 3.78. The van der Waals surface area contributed by atoms with Crippen LogP contribution < -0.4 is 0 Å². The molecular formula is C23H21Cl2N3O4. The van der Waals surface area contributed by atoms with Gasteiger partial charge in [-0.15, -0.1) is 0 Å². The zero-order valence-corrected chi connectivity index (χ0v) is 18.8. The first-order valence-corrected chi connectivity index (χ1v) is 11.0. The lowest BCUT2D eigenvalue weighted by Gasteiger charge is -2.32. The molecule has 1 amide bonds. The van der Waals surface area contributed by atoms with E-state index >= 15 is 0 Å². The number of ether oxygens (including phenoxy) is 1. The molecule has 166 valence electrons. The summed E-state index contributed by atoms with van der Waals surface area (Å²) < 4.78 is 10.8. The van der Waals surface area contributed by atoms with E-state index in [2.05, 4.69) is 10.1 Å². The molecule has 1 atom stereocenters. The number of benzene rings is 2. The number of aromatic nitrogens is 2. The number of hydrogen-bond donors (Lipinski definition) is 0. The fraction of sp³-hybridized carbons (Fsp3) is 0.304. The van der Waals surface area contributed by atoms with Crippen LogP contribution >= 0.6 is 23.2 Å². The molecular weight excluding hydrogens is 453 g/mol. The SMILES string of the molecule is CC(=O)O[C@@H](C(=O)N1CCC(c2nc(-c3c(Cl)cccc3Cl)no2)CC1)c1ccccc1. The van der Waals surface area contributed by atoms with Crippen LogP contribution in [0.3, 0.4) is 0 Å². The fourth-order valence-corrected chi connectivity index (χ4v) is 4.35. The van der Waals surface area contributed by atoms with Crippen molar-refractivity contribution in [1.82, 2.24) is 15.0 Å². The molecule has 1 aromatic heterocycles. The molecule has 32 heavy (non-hydrogen) atoms. The number of rotatable bonds is 5. The standard InChI is InChI=1S/C23H21Cl2N3O4/c1-14(29)31-20(15-6-3-2-4-7-15)23(30)28-12-10-16(11-13-28)22-26-21(27-32-22)19-17(24)8-5-9-18(19)25/h2-9,16,20H,10-13H2,1H3/t20-/m1/s1. The summed E-state index contributed by atoms with van der Waals surface area (Å²) in [6.07, 6.45) is 0.332. The van der Waals surface area contributed by atoms with Gasteiger partial charge < -0.3 is 14.2 Å². The topological polar surface area (TPSA) is 85.5 Å². The van der Waals surface area contributed by atoms with Crippen LogP contribution in [-0.2, 0) is 14.3 Å². The molecule has 0 unspecified atom stereocenters. The van der Waals surface area contributed by atoms with Crippen LogP contribution in [0.1, 0.15) is 43.2 Å². The molecule has 9 heteroatoms. The van der Waals surface area contributed by atoms with E-state index in [1.165, 1.54) is 6.92 Å². The second-order valence-electron chi connectivity index (χ2n) is 7.55. The number of halogens is 2. The Kier molecular flexibility index (Phi) is 6.77. The van der Waals surface area contributed by atoms with Gasteiger partial charge in [0, 0.05) is 31.5 Å². The van der Waals surface area contributed by atoms with Crippen molar-refractivity contribution in [3.63, 3.8) is 0 Å². The lowest BCUT2D eigenvalue weighted by molar-refractivity contribution is -0.159. The Morgan fingerprint density at radius 3 is 2.34 bits per heavy atom. The van der Waals surface area contributed by atoms with E-state index in [0.29, 0.717) is 58.8 Å². The largest absolute Gasteiger partial charge is 0.447 e. The normalized spacial score (nSPS) is 15.4. The maximum absolute atomic E-state index is 13.1. The number of carbonyl (C=O) groups is 2. The Bertz CT molecular complexity index is 1090. The molecule has 2 heterocycles. The number of hydrogen-bond acceptors (Lipinski definition) is 6. The molecule has 0 bridgehead atoms. The van der Waals surface area contributed by atoms with Crippen LogP contribution in [0.25, 0.3) is 11.4 Å². The summed E-state index contributed by atoms with van der Waals surface area (Å²) in [5, 5.41) is 4.94. The molecule has 0 spiro atoms. The van der Waals surface area contributed by atoms with Gasteiger partial charge >= 0.3 is 5.97 Å². The van der Waals surface area contributed by atoms with Crippen LogP contribution in [0.2, 0.25) is 10.0 Å². The van der Waals surface area contributed by atoms with Gasteiger partial charge in [-0.05, 0) is 25.0 Å². The molecule has 1 aliphatic rings. The number of esters is 1. The summed E-state index contributed by atoms with van der Waals surface area (Å²) >= 11 is 12.5. The first kappa shape index (κ1) is 22.3. The van der Waals surface area contributed by atoms with Gasteiger partial charge in [0.25, 0.3) is 5.91 Å². The number of carbonyl (C=O) groups excluding carboxylic acids is 2. The van der Waals surface area contributed by atoms with Crippen molar-refractivity contribution in [1.29, 1.82) is 0 Å². The van der Waals surface area contributed by atoms with Crippen LogP contribution in [-0.4, -0.2) is 40.0 Å². The third kappa shape index (κ3) is 4.79. The van der Waals surface area contributed by atoms with Gasteiger partial charge in [-0.1, -0.05) is 64.8 Å². The van der Waals surface area contributed by atoms with Crippen molar-refractivity contribution in [2.24, 2.45) is 0 Å². The Morgan fingerprint density at radius 2 is 1.72 bits per heavy atom. The van der Waals surface area contributed by atoms with Gasteiger partial charge in [-0.25, -0.2) is 0 Å². The first-order chi connectivity index (χ1) is 15.4. The average molecular weight is 474 g/mol. The third-order valence-electron chi connectivity index (χ3n) is 5.39. The number of piperidine rings is 1. The van der Waals surface area contributed by atoms with E-state index in [1.807, 2.05) is 18.2 Å². The molecule has 0 saturated carbocycles. The van der Waals surface area contributed by atoms with Gasteiger partial charge in [0.05, 0.1) is 15.6 Å². The van der Waals surface area contributed by atoms with Crippen molar-refractivity contribution in [2.45, 2.75) is 31.8 Å². The molecule has 0 N–H and O–H groups in total. The van der Waals surface area contributed by atoms with E-state index < -0.39 is 12.1 Å². The lowest BCUT2D eigenvalue weighted by Crippen LogP contribution is -2.41. The van der Waals surface area contributed by atoms with E-state index in [9.17, 15) is 9.59 Å². The van der Waals surface area contributed by atoms with Gasteiger partial charge in [0.1, 0.15) is 0 Å². The van der Waals surface area contributed by atoms with Crippen LogP contribution in [0, 0.1) is 0 Å². The monoisotopic (exact) mass is 473 g/mol. The Balaban J connectivity index is 1.44. The van der Waals surface area contributed by atoms with E-state index in [0.717, 1.165) is 0 Å². The Morgan fingerprint density at radius 1 is 1.06 bits per heavy atom. The predicted octanol–water partition coefficient (Wildman–Crippen LogP) is 5.05. The van der Waals surface area contributed by atoms with Crippen molar-refractivity contribution < 1.29 is 18.8 Å².